The van der Waals surface area contributed by atoms with Crippen molar-refractivity contribution in [3.05, 3.63) is 29.3 Å². The molecule has 1 aromatic carbocycles. The van der Waals surface area contributed by atoms with E-state index in [4.69, 9.17) is 9.47 Å². The average molecular weight is 411 g/mol. The number of piperidine rings is 1. The summed E-state index contributed by atoms with van der Waals surface area (Å²) >= 11 is 0. The first-order valence-corrected chi connectivity index (χ1v) is 11.7. The normalized spacial score (nSPS) is 19.0. The van der Waals surface area contributed by atoms with Gasteiger partial charge in [0.25, 0.3) is 0 Å². The third kappa shape index (κ3) is 5.46. The molecule has 0 N–H and O–H groups in total. The molecule has 1 aromatic rings. The van der Waals surface area contributed by atoms with E-state index in [2.05, 4.69) is 0 Å². The maximum Gasteiger partial charge on any atom is 0.222 e. The molecule has 0 bridgehead atoms. The fraction of sp³-hybridized carbons (Fsp3) is 0.650. The molecule has 0 saturated carbocycles. The minimum Gasteiger partial charge on any atom is -0.492 e. The Hall–Kier alpha value is -1.64. The van der Waals surface area contributed by atoms with Crippen molar-refractivity contribution in [2.45, 2.75) is 32.2 Å². The second-order valence-electron chi connectivity index (χ2n) is 7.67. The first-order valence-electron chi connectivity index (χ1n) is 9.83. The topological polar surface area (TPSA) is 76.2 Å². The van der Waals surface area contributed by atoms with Gasteiger partial charge in [0.2, 0.25) is 15.9 Å². The molecule has 0 unspecified atom stereocenters. The minimum atomic E-state index is -3.27. The molecule has 156 valence electrons. The lowest BCUT2D eigenvalue weighted by molar-refractivity contribution is -0.132. The van der Waals surface area contributed by atoms with E-state index in [1.807, 2.05) is 23.1 Å². The van der Waals surface area contributed by atoms with Gasteiger partial charge in [0, 0.05) is 51.9 Å². The number of nitrogens with zero attached hydrogens (tertiary/aromatic N) is 2. The lowest BCUT2D eigenvalue weighted by Gasteiger charge is -2.31. The molecule has 0 aliphatic carbocycles. The van der Waals surface area contributed by atoms with Gasteiger partial charge in [-0.15, -0.1) is 0 Å². The second kappa shape index (κ2) is 9.24. The number of likely N-dealkylation sites (tertiary alicyclic amines) is 1. The maximum absolute atomic E-state index is 12.5. The zero-order valence-corrected chi connectivity index (χ0v) is 17.5. The number of carbonyl (C=O) groups excluding carboxylic acids is 1. The molecule has 7 nitrogen and oxygen atoms in total. The Kier molecular flexibility index (Phi) is 6.95. The summed E-state index contributed by atoms with van der Waals surface area (Å²) < 4.78 is 36.1. The number of hydrogen-bond donors (Lipinski definition) is 0. The Balaban J connectivity index is 1.57. The van der Waals surface area contributed by atoms with Gasteiger partial charge < -0.3 is 14.4 Å². The molecule has 2 aliphatic rings. The molecule has 8 heteroatoms. The number of rotatable bonds is 6. The molecule has 3 rings (SSSR count). The summed E-state index contributed by atoms with van der Waals surface area (Å²) in [6.07, 6.45) is 4.32. The van der Waals surface area contributed by atoms with Gasteiger partial charge in [0.05, 0.1) is 6.26 Å². The van der Waals surface area contributed by atoms with E-state index in [0.717, 1.165) is 49.4 Å². The van der Waals surface area contributed by atoms with Crippen LogP contribution in [-0.4, -0.2) is 69.7 Å². The van der Waals surface area contributed by atoms with Crippen molar-refractivity contribution in [1.29, 1.82) is 0 Å². The van der Waals surface area contributed by atoms with E-state index in [1.165, 1.54) is 10.6 Å². The van der Waals surface area contributed by atoms with E-state index in [-0.39, 0.29) is 5.91 Å². The summed E-state index contributed by atoms with van der Waals surface area (Å²) in [6, 6.07) is 5.82. The number of carbonyl (C=O) groups is 1. The van der Waals surface area contributed by atoms with Crippen molar-refractivity contribution >= 4 is 15.9 Å². The van der Waals surface area contributed by atoms with Gasteiger partial charge in [-0.2, -0.15) is 4.31 Å². The van der Waals surface area contributed by atoms with Crippen LogP contribution >= 0.6 is 0 Å². The van der Waals surface area contributed by atoms with Crippen LogP contribution in [0.3, 0.4) is 0 Å². The van der Waals surface area contributed by atoms with Crippen molar-refractivity contribution in [3.8, 4) is 5.75 Å². The van der Waals surface area contributed by atoms with Crippen molar-refractivity contribution in [2.75, 3.05) is 46.2 Å². The Morgan fingerprint density at radius 3 is 2.68 bits per heavy atom. The largest absolute Gasteiger partial charge is 0.492 e. The molecule has 2 aliphatic heterocycles. The zero-order valence-electron chi connectivity index (χ0n) is 16.7. The van der Waals surface area contributed by atoms with Crippen molar-refractivity contribution in [3.63, 3.8) is 0 Å². The maximum atomic E-state index is 12.5. The van der Waals surface area contributed by atoms with Crippen LogP contribution in [0.5, 0.6) is 5.75 Å². The van der Waals surface area contributed by atoms with E-state index >= 15 is 0 Å². The average Bonchev–Trinajstić information content (AvgIpc) is 2.89. The Morgan fingerprint density at radius 2 is 2.00 bits per heavy atom. The van der Waals surface area contributed by atoms with Crippen molar-refractivity contribution in [2.24, 2.45) is 5.92 Å². The summed E-state index contributed by atoms with van der Waals surface area (Å²) in [7, 11) is -1.55. The quantitative estimate of drug-likeness (QED) is 0.713. The first-order chi connectivity index (χ1) is 13.4. The van der Waals surface area contributed by atoms with Gasteiger partial charge in [0.1, 0.15) is 12.4 Å². The molecular weight excluding hydrogens is 380 g/mol. The predicted octanol–water partition coefficient (Wildman–Crippen LogP) is 1.66. The summed E-state index contributed by atoms with van der Waals surface area (Å²) in [5.74, 6) is 1.46. The van der Waals surface area contributed by atoms with Crippen molar-refractivity contribution < 1.29 is 22.7 Å². The monoisotopic (exact) mass is 410 g/mol. The highest BCUT2D eigenvalue weighted by Gasteiger charge is 2.24. The van der Waals surface area contributed by atoms with Gasteiger partial charge in [0.15, 0.2) is 0 Å². The Labute approximate surface area is 167 Å². The molecule has 28 heavy (non-hydrogen) atoms. The number of benzene rings is 1. The smallest absolute Gasteiger partial charge is 0.222 e. The molecule has 1 saturated heterocycles. The van der Waals surface area contributed by atoms with Crippen LogP contribution in [0.15, 0.2) is 18.2 Å². The molecule has 2 heterocycles. The van der Waals surface area contributed by atoms with Crippen LogP contribution in [0.25, 0.3) is 0 Å². The van der Waals surface area contributed by atoms with Crippen LogP contribution in [-0.2, 0) is 32.5 Å². The summed E-state index contributed by atoms with van der Waals surface area (Å²) in [6.45, 7) is 3.37. The third-order valence-corrected chi connectivity index (χ3v) is 6.79. The summed E-state index contributed by atoms with van der Waals surface area (Å²) in [5.41, 5.74) is 1.88. The zero-order chi connectivity index (χ0) is 20.1. The summed E-state index contributed by atoms with van der Waals surface area (Å²) in [4.78, 5) is 14.5. The van der Waals surface area contributed by atoms with Crippen LogP contribution in [0.2, 0.25) is 0 Å². The van der Waals surface area contributed by atoms with Gasteiger partial charge in [-0.1, -0.05) is 12.1 Å². The molecule has 0 radical (unpaired) electrons. The van der Waals surface area contributed by atoms with E-state index in [0.29, 0.717) is 38.5 Å². The number of aryl methyl sites for hydroxylation is 1. The number of sulfonamides is 1. The van der Waals surface area contributed by atoms with E-state index in [1.54, 1.807) is 7.11 Å². The predicted molar refractivity (Wildman–Crippen MR) is 107 cm³/mol. The van der Waals surface area contributed by atoms with E-state index < -0.39 is 10.0 Å². The van der Waals surface area contributed by atoms with Gasteiger partial charge in [-0.25, -0.2) is 8.42 Å². The lowest BCUT2D eigenvalue weighted by Crippen LogP contribution is -2.39. The standard InChI is InChI=1S/C20H30N2O5S/c1-26-15-17-7-9-21(10-8-17)20(23)6-4-16-3-5-19-18(13-16)14-22(11-12-27-19)28(2,24)25/h3,5,13,17H,4,6-12,14-15H2,1-2H3. The fourth-order valence-corrected chi connectivity index (χ4v) is 4.64. The highest BCUT2D eigenvalue weighted by Crippen LogP contribution is 2.26. The number of fused-ring (bicyclic) bond motifs is 1. The summed E-state index contributed by atoms with van der Waals surface area (Å²) in [5, 5.41) is 0. The molecule has 0 atom stereocenters. The first kappa shape index (κ1) is 21.1. The lowest BCUT2D eigenvalue weighted by atomic mass is 9.97. The Bertz CT molecular complexity index is 788. The van der Waals surface area contributed by atoms with E-state index in [9.17, 15) is 13.2 Å². The third-order valence-electron chi connectivity index (χ3n) is 5.54. The van der Waals surface area contributed by atoms with Gasteiger partial charge >= 0.3 is 0 Å². The number of ether oxygens (including phenoxy) is 2. The highest BCUT2D eigenvalue weighted by atomic mass is 32.2. The van der Waals surface area contributed by atoms with Crippen LogP contribution < -0.4 is 4.74 Å². The van der Waals surface area contributed by atoms with Crippen LogP contribution in [0, 0.1) is 5.92 Å². The number of amides is 1. The van der Waals surface area contributed by atoms with Crippen molar-refractivity contribution in [1.82, 2.24) is 9.21 Å². The molecule has 0 spiro atoms. The molecule has 1 amide bonds. The van der Waals surface area contributed by atoms with Crippen LogP contribution in [0.1, 0.15) is 30.4 Å². The number of hydrogen-bond acceptors (Lipinski definition) is 5. The van der Waals surface area contributed by atoms with Gasteiger partial charge in [-0.05, 0) is 36.8 Å². The molecule has 1 fully saturated rings. The van der Waals surface area contributed by atoms with Gasteiger partial charge in [-0.3, -0.25) is 4.79 Å². The van der Waals surface area contributed by atoms with Crippen LogP contribution in [0.4, 0.5) is 0 Å². The number of methoxy groups -OCH3 is 1. The second-order valence-corrected chi connectivity index (χ2v) is 9.65. The highest BCUT2D eigenvalue weighted by molar-refractivity contribution is 7.88. The minimum absolute atomic E-state index is 0.180. The molecule has 0 aromatic heterocycles. The SMILES string of the molecule is COCC1CCN(C(=O)CCc2ccc3c(c2)CN(S(C)(=O)=O)CCO3)CC1. The fourth-order valence-electron chi connectivity index (χ4n) is 3.86. The Morgan fingerprint density at radius 1 is 1.25 bits per heavy atom. The molecular formula is C20H30N2O5S.